The lowest BCUT2D eigenvalue weighted by molar-refractivity contribution is -0.133. The zero-order valence-corrected chi connectivity index (χ0v) is 12.8. The van der Waals surface area contributed by atoms with Gasteiger partial charge in [-0.1, -0.05) is 12.1 Å². The Labute approximate surface area is 137 Å². The molecule has 0 saturated heterocycles. The molecule has 0 heterocycles. The average molecular weight is 331 g/mol. The Morgan fingerprint density at radius 3 is 2.35 bits per heavy atom. The van der Waals surface area contributed by atoms with Crippen LogP contribution in [0.15, 0.2) is 59.5 Å². The van der Waals surface area contributed by atoms with Gasteiger partial charge in [0, 0.05) is 16.7 Å². The first-order valence-electron chi connectivity index (χ1n) is 6.72. The van der Waals surface area contributed by atoms with Crippen molar-refractivity contribution in [2.24, 2.45) is 0 Å². The summed E-state index contributed by atoms with van der Waals surface area (Å²) in [5.74, 6) is -1.52. The Balaban J connectivity index is 1.89. The number of hydrogen-bond acceptors (Lipinski definition) is 3. The predicted molar refractivity (Wildman–Crippen MR) is 88.9 cm³/mol. The fourth-order valence-electron chi connectivity index (χ4n) is 1.71. The van der Waals surface area contributed by atoms with Gasteiger partial charge in [0.05, 0.1) is 5.75 Å². The normalized spacial score (nSPS) is 10.7. The van der Waals surface area contributed by atoms with Crippen molar-refractivity contribution in [2.75, 3.05) is 11.1 Å². The van der Waals surface area contributed by atoms with Crippen molar-refractivity contribution in [3.63, 3.8) is 0 Å². The minimum Gasteiger partial charge on any atom is -0.481 e. The van der Waals surface area contributed by atoms with Gasteiger partial charge in [0.15, 0.2) is 0 Å². The molecule has 0 bridgehead atoms. The lowest BCUT2D eigenvalue weighted by Crippen LogP contribution is -2.07. The van der Waals surface area contributed by atoms with Crippen LogP contribution in [0.1, 0.15) is 5.56 Å². The molecule has 0 aliphatic heterocycles. The summed E-state index contributed by atoms with van der Waals surface area (Å²) >= 11 is 1.21. The number of anilines is 1. The predicted octanol–water partition coefficient (Wildman–Crippen LogP) is 3.65. The number of carboxylic acids is 1. The molecule has 0 atom stereocenters. The van der Waals surface area contributed by atoms with Crippen LogP contribution in [0.4, 0.5) is 10.1 Å². The molecule has 4 nitrogen and oxygen atoms in total. The SMILES string of the molecule is O=C(O)CSc1ccc(NC(=O)/C=C/c2ccc(F)cc2)cc1. The zero-order chi connectivity index (χ0) is 16.7. The minimum atomic E-state index is -0.877. The Bertz CT molecular complexity index is 712. The molecule has 2 aromatic rings. The highest BCUT2D eigenvalue weighted by atomic mass is 32.2. The largest absolute Gasteiger partial charge is 0.481 e. The summed E-state index contributed by atoms with van der Waals surface area (Å²) in [6.07, 6.45) is 2.95. The number of carboxylic acid groups (broad SMARTS) is 1. The zero-order valence-electron chi connectivity index (χ0n) is 12.0. The van der Waals surface area contributed by atoms with Crippen LogP contribution in [-0.4, -0.2) is 22.7 Å². The van der Waals surface area contributed by atoms with Crippen molar-refractivity contribution in [1.29, 1.82) is 0 Å². The fourth-order valence-corrected chi connectivity index (χ4v) is 2.33. The summed E-state index contributed by atoms with van der Waals surface area (Å²) in [5.41, 5.74) is 1.33. The highest BCUT2D eigenvalue weighted by molar-refractivity contribution is 8.00. The monoisotopic (exact) mass is 331 g/mol. The average Bonchev–Trinajstić information content (AvgIpc) is 2.53. The van der Waals surface area contributed by atoms with E-state index in [1.165, 1.54) is 30.0 Å². The highest BCUT2D eigenvalue weighted by Crippen LogP contribution is 2.20. The molecule has 0 spiro atoms. The number of carbonyl (C=O) groups excluding carboxylic acids is 1. The maximum absolute atomic E-state index is 12.8. The molecule has 2 aromatic carbocycles. The smallest absolute Gasteiger partial charge is 0.313 e. The van der Waals surface area contributed by atoms with Gasteiger partial charge in [0.1, 0.15) is 5.82 Å². The summed E-state index contributed by atoms with van der Waals surface area (Å²) in [7, 11) is 0. The van der Waals surface area contributed by atoms with E-state index in [0.29, 0.717) is 5.69 Å². The first kappa shape index (κ1) is 16.8. The van der Waals surface area contributed by atoms with Crippen LogP contribution >= 0.6 is 11.8 Å². The third kappa shape index (κ3) is 5.96. The van der Waals surface area contributed by atoms with Gasteiger partial charge >= 0.3 is 5.97 Å². The van der Waals surface area contributed by atoms with E-state index in [0.717, 1.165) is 10.5 Å². The van der Waals surface area contributed by atoms with Crippen LogP contribution in [0.25, 0.3) is 6.08 Å². The molecule has 0 aliphatic carbocycles. The molecule has 2 rings (SSSR count). The van der Waals surface area contributed by atoms with E-state index in [1.54, 1.807) is 42.5 Å². The van der Waals surface area contributed by atoms with Crippen LogP contribution in [0, 0.1) is 5.82 Å². The summed E-state index contributed by atoms with van der Waals surface area (Å²) in [6, 6.07) is 12.7. The van der Waals surface area contributed by atoms with E-state index >= 15 is 0 Å². The molecule has 23 heavy (non-hydrogen) atoms. The van der Waals surface area contributed by atoms with Gasteiger partial charge in [-0.05, 0) is 48.0 Å². The number of thioether (sulfide) groups is 1. The molecular formula is C17H14FNO3S. The second kappa shape index (κ2) is 8.14. The Kier molecular flexibility index (Phi) is 5.94. The molecule has 6 heteroatoms. The van der Waals surface area contributed by atoms with Crippen molar-refractivity contribution in [1.82, 2.24) is 0 Å². The summed E-state index contributed by atoms with van der Waals surface area (Å²) in [6.45, 7) is 0. The number of aliphatic carboxylic acids is 1. The Morgan fingerprint density at radius 1 is 1.09 bits per heavy atom. The van der Waals surface area contributed by atoms with Gasteiger partial charge < -0.3 is 10.4 Å². The Hall–Kier alpha value is -2.60. The highest BCUT2D eigenvalue weighted by Gasteiger charge is 2.01. The van der Waals surface area contributed by atoms with Crippen molar-refractivity contribution in [3.8, 4) is 0 Å². The van der Waals surface area contributed by atoms with Crippen molar-refractivity contribution in [2.45, 2.75) is 4.90 Å². The van der Waals surface area contributed by atoms with Gasteiger partial charge in [0.2, 0.25) is 5.91 Å². The molecule has 1 amide bonds. The van der Waals surface area contributed by atoms with Crippen LogP contribution in [0.5, 0.6) is 0 Å². The summed E-state index contributed by atoms with van der Waals surface area (Å²) in [4.78, 5) is 23.1. The number of amides is 1. The molecule has 0 radical (unpaired) electrons. The number of rotatable bonds is 6. The van der Waals surface area contributed by atoms with Crippen molar-refractivity contribution in [3.05, 3.63) is 66.0 Å². The number of carbonyl (C=O) groups is 2. The van der Waals surface area contributed by atoms with E-state index in [4.69, 9.17) is 5.11 Å². The first-order chi connectivity index (χ1) is 11.0. The number of nitrogens with one attached hydrogen (secondary N) is 1. The lowest BCUT2D eigenvalue weighted by Gasteiger charge is -2.04. The van der Waals surface area contributed by atoms with Crippen molar-refractivity contribution >= 4 is 35.4 Å². The fraction of sp³-hybridized carbons (Fsp3) is 0.0588. The first-order valence-corrected chi connectivity index (χ1v) is 7.71. The van der Waals surface area contributed by atoms with Crippen LogP contribution in [0.3, 0.4) is 0 Å². The van der Waals surface area contributed by atoms with Gasteiger partial charge in [-0.15, -0.1) is 11.8 Å². The van der Waals surface area contributed by atoms with Gasteiger partial charge in [-0.3, -0.25) is 9.59 Å². The lowest BCUT2D eigenvalue weighted by atomic mass is 10.2. The second-order valence-corrected chi connectivity index (χ2v) is 5.63. The number of halogens is 1. The molecule has 0 saturated carbocycles. The van der Waals surface area contributed by atoms with Crippen LogP contribution < -0.4 is 5.32 Å². The number of benzene rings is 2. The van der Waals surface area contributed by atoms with E-state index < -0.39 is 5.97 Å². The second-order valence-electron chi connectivity index (χ2n) is 4.58. The third-order valence-corrected chi connectivity index (χ3v) is 3.78. The van der Waals surface area contributed by atoms with Crippen molar-refractivity contribution < 1.29 is 19.1 Å². The molecule has 2 N–H and O–H groups in total. The molecular weight excluding hydrogens is 317 g/mol. The van der Waals surface area contributed by atoms with E-state index in [1.807, 2.05) is 0 Å². The van der Waals surface area contributed by atoms with Crippen LogP contribution in [-0.2, 0) is 9.59 Å². The topological polar surface area (TPSA) is 66.4 Å². The third-order valence-electron chi connectivity index (χ3n) is 2.78. The molecule has 0 fully saturated rings. The summed E-state index contributed by atoms with van der Waals surface area (Å²) in [5, 5.41) is 11.3. The van der Waals surface area contributed by atoms with E-state index in [2.05, 4.69) is 5.32 Å². The molecule has 0 aromatic heterocycles. The molecule has 0 unspecified atom stereocenters. The molecule has 0 aliphatic rings. The van der Waals surface area contributed by atoms with E-state index in [-0.39, 0.29) is 17.5 Å². The van der Waals surface area contributed by atoms with E-state index in [9.17, 15) is 14.0 Å². The van der Waals surface area contributed by atoms with Crippen LogP contribution in [0.2, 0.25) is 0 Å². The van der Waals surface area contributed by atoms with Gasteiger partial charge in [0.25, 0.3) is 0 Å². The Morgan fingerprint density at radius 2 is 1.74 bits per heavy atom. The minimum absolute atomic E-state index is 0.00782. The number of hydrogen-bond donors (Lipinski definition) is 2. The maximum Gasteiger partial charge on any atom is 0.313 e. The molecule has 118 valence electrons. The van der Waals surface area contributed by atoms with Gasteiger partial charge in [-0.2, -0.15) is 0 Å². The maximum atomic E-state index is 12.8. The standard InChI is InChI=1S/C17H14FNO3S/c18-13-4-1-12(2-5-13)3-10-16(20)19-14-6-8-15(9-7-14)23-11-17(21)22/h1-10H,11H2,(H,19,20)(H,21,22)/b10-3+. The van der Waals surface area contributed by atoms with Gasteiger partial charge in [-0.25, -0.2) is 4.39 Å². The summed E-state index contributed by atoms with van der Waals surface area (Å²) < 4.78 is 12.8. The quantitative estimate of drug-likeness (QED) is 0.626.